The van der Waals surface area contributed by atoms with Gasteiger partial charge < -0.3 is 9.88 Å². The van der Waals surface area contributed by atoms with Crippen LogP contribution in [0.4, 0.5) is 11.4 Å². The van der Waals surface area contributed by atoms with Gasteiger partial charge in [-0.2, -0.15) is 0 Å². The van der Waals surface area contributed by atoms with E-state index in [0.717, 1.165) is 28.4 Å². The van der Waals surface area contributed by atoms with Gasteiger partial charge in [0.1, 0.15) is 0 Å². The summed E-state index contributed by atoms with van der Waals surface area (Å²) in [6, 6.07) is 27.3. The Kier molecular flexibility index (Phi) is 5.78. The number of rotatable bonds is 6. The Morgan fingerprint density at radius 2 is 1.54 bits per heavy atom. The predicted molar refractivity (Wildman–Crippen MR) is 142 cm³/mol. The second kappa shape index (κ2) is 8.92. The molecule has 176 valence electrons. The van der Waals surface area contributed by atoms with Crippen LogP contribution < -0.4 is 10.0 Å². The lowest BCUT2D eigenvalue weighted by atomic mass is 10.1. The molecule has 0 fully saturated rings. The van der Waals surface area contributed by atoms with Gasteiger partial charge in [0.15, 0.2) is 0 Å². The summed E-state index contributed by atoms with van der Waals surface area (Å²) < 4.78 is 31.3. The number of carbonyl (C=O) groups is 1. The van der Waals surface area contributed by atoms with E-state index in [1.807, 2.05) is 36.4 Å². The van der Waals surface area contributed by atoms with E-state index in [1.165, 1.54) is 6.07 Å². The SMILES string of the molecule is CCn1c2ccccc2c2cc(NS(=O)(=O)c3ccc(NC(=O)c4ccccc4)c(C)c3)ccc21. The summed E-state index contributed by atoms with van der Waals surface area (Å²) in [5.74, 6) is -0.248. The van der Waals surface area contributed by atoms with Gasteiger partial charge in [-0.1, -0.05) is 36.4 Å². The van der Waals surface area contributed by atoms with E-state index < -0.39 is 10.0 Å². The number of benzene rings is 4. The van der Waals surface area contributed by atoms with Crippen molar-refractivity contribution in [3.63, 3.8) is 0 Å². The van der Waals surface area contributed by atoms with Crippen molar-refractivity contribution in [3.8, 4) is 0 Å². The Balaban J connectivity index is 1.42. The molecule has 0 saturated heterocycles. The number of carbonyl (C=O) groups excluding carboxylic acids is 1. The Labute approximate surface area is 204 Å². The van der Waals surface area contributed by atoms with E-state index in [9.17, 15) is 13.2 Å². The number of fused-ring (bicyclic) bond motifs is 3. The molecule has 35 heavy (non-hydrogen) atoms. The van der Waals surface area contributed by atoms with Crippen molar-refractivity contribution < 1.29 is 13.2 Å². The molecule has 5 rings (SSSR count). The first-order chi connectivity index (χ1) is 16.9. The Bertz CT molecular complexity index is 1670. The Morgan fingerprint density at radius 1 is 0.829 bits per heavy atom. The van der Waals surface area contributed by atoms with Gasteiger partial charge in [0, 0.05) is 45.3 Å². The van der Waals surface area contributed by atoms with Crippen LogP contribution in [-0.4, -0.2) is 18.9 Å². The third-order valence-corrected chi connectivity index (χ3v) is 7.51. The highest BCUT2D eigenvalue weighted by Crippen LogP contribution is 2.32. The summed E-state index contributed by atoms with van der Waals surface area (Å²) in [6.07, 6.45) is 0. The third-order valence-electron chi connectivity index (χ3n) is 6.13. The maximum Gasteiger partial charge on any atom is 0.261 e. The number of para-hydroxylation sites is 1. The molecule has 7 heteroatoms. The topological polar surface area (TPSA) is 80.2 Å². The average molecular weight is 484 g/mol. The molecule has 1 amide bonds. The van der Waals surface area contributed by atoms with Crippen LogP contribution in [0.25, 0.3) is 21.8 Å². The molecule has 1 aromatic heterocycles. The van der Waals surface area contributed by atoms with Gasteiger partial charge in [0.25, 0.3) is 15.9 Å². The summed E-state index contributed by atoms with van der Waals surface area (Å²) in [6.45, 7) is 4.68. The fourth-order valence-electron chi connectivity index (χ4n) is 4.40. The smallest absolute Gasteiger partial charge is 0.261 e. The number of hydrogen-bond acceptors (Lipinski definition) is 3. The summed E-state index contributed by atoms with van der Waals surface area (Å²) in [5, 5.41) is 4.92. The van der Waals surface area contributed by atoms with Crippen LogP contribution in [0.1, 0.15) is 22.8 Å². The van der Waals surface area contributed by atoms with E-state index in [2.05, 4.69) is 27.6 Å². The second-order valence-electron chi connectivity index (χ2n) is 8.40. The van der Waals surface area contributed by atoms with Crippen LogP contribution >= 0.6 is 0 Å². The number of amides is 1. The van der Waals surface area contributed by atoms with Crippen molar-refractivity contribution in [2.24, 2.45) is 0 Å². The van der Waals surface area contributed by atoms with E-state index in [4.69, 9.17) is 0 Å². The zero-order valence-electron chi connectivity index (χ0n) is 19.4. The number of anilines is 2. The normalized spacial score (nSPS) is 11.6. The number of aryl methyl sites for hydroxylation is 2. The van der Waals surface area contributed by atoms with E-state index in [-0.39, 0.29) is 10.8 Å². The number of sulfonamides is 1. The second-order valence-corrected chi connectivity index (χ2v) is 10.1. The molecule has 0 bridgehead atoms. The van der Waals surface area contributed by atoms with Crippen LogP contribution in [0.15, 0.2) is 95.9 Å². The molecule has 0 unspecified atom stereocenters. The molecule has 0 aliphatic rings. The van der Waals surface area contributed by atoms with Crippen LogP contribution in [-0.2, 0) is 16.6 Å². The highest BCUT2D eigenvalue weighted by atomic mass is 32.2. The summed E-state index contributed by atoms with van der Waals surface area (Å²) in [7, 11) is -3.82. The van der Waals surface area contributed by atoms with Gasteiger partial charge in [-0.15, -0.1) is 0 Å². The third kappa shape index (κ3) is 4.26. The van der Waals surface area contributed by atoms with Crippen molar-refractivity contribution in [2.75, 3.05) is 10.0 Å². The van der Waals surface area contributed by atoms with Crippen molar-refractivity contribution in [1.82, 2.24) is 4.57 Å². The fraction of sp³-hybridized carbons (Fsp3) is 0.107. The molecule has 0 atom stereocenters. The van der Waals surface area contributed by atoms with Crippen molar-refractivity contribution >= 4 is 49.1 Å². The van der Waals surface area contributed by atoms with Crippen molar-refractivity contribution in [3.05, 3.63) is 102 Å². The number of aromatic nitrogens is 1. The lowest BCUT2D eigenvalue weighted by Gasteiger charge is -2.12. The first-order valence-electron chi connectivity index (χ1n) is 11.4. The molecule has 6 nitrogen and oxygen atoms in total. The zero-order chi connectivity index (χ0) is 24.6. The summed E-state index contributed by atoms with van der Waals surface area (Å²) in [4.78, 5) is 12.6. The van der Waals surface area contributed by atoms with Gasteiger partial charge >= 0.3 is 0 Å². The lowest BCUT2D eigenvalue weighted by Crippen LogP contribution is -2.15. The molecule has 0 radical (unpaired) electrons. The minimum atomic E-state index is -3.82. The average Bonchev–Trinajstić information content (AvgIpc) is 3.18. The van der Waals surface area contributed by atoms with Gasteiger partial charge in [0.05, 0.1) is 4.90 Å². The lowest BCUT2D eigenvalue weighted by molar-refractivity contribution is 0.102. The standard InChI is InChI=1S/C28H25N3O3S/c1-3-31-26-12-8-7-11-23(26)24-18-21(13-16-27(24)31)30-35(33,34)22-14-15-25(19(2)17-22)29-28(32)20-9-5-4-6-10-20/h4-18,30H,3H2,1-2H3,(H,29,32). The van der Waals surface area contributed by atoms with Crippen molar-refractivity contribution in [1.29, 1.82) is 0 Å². The molecule has 4 aromatic carbocycles. The first kappa shape index (κ1) is 22.7. The van der Waals surface area contributed by atoms with Gasteiger partial charge in [-0.05, 0) is 74.0 Å². The number of nitrogens with one attached hydrogen (secondary N) is 2. The minimum Gasteiger partial charge on any atom is -0.341 e. The maximum atomic E-state index is 13.2. The Hall–Kier alpha value is -4.10. The fourth-order valence-corrected chi connectivity index (χ4v) is 5.53. The summed E-state index contributed by atoms with van der Waals surface area (Å²) in [5.41, 5.74) is 4.42. The van der Waals surface area contributed by atoms with Crippen molar-refractivity contribution in [2.45, 2.75) is 25.3 Å². The quantitative estimate of drug-likeness (QED) is 0.303. The van der Waals surface area contributed by atoms with E-state index in [1.54, 1.807) is 49.4 Å². The molecule has 1 heterocycles. The van der Waals surface area contributed by atoms with Gasteiger partial charge in [-0.3, -0.25) is 9.52 Å². The maximum absolute atomic E-state index is 13.2. The minimum absolute atomic E-state index is 0.129. The molecule has 2 N–H and O–H groups in total. The zero-order valence-corrected chi connectivity index (χ0v) is 20.3. The molecular weight excluding hydrogens is 458 g/mol. The number of hydrogen-bond donors (Lipinski definition) is 2. The highest BCUT2D eigenvalue weighted by molar-refractivity contribution is 7.92. The van der Waals surface area contributed by atoms with E-state index in [0.29, 0.717) is 22.5 Å². The molecule has 0 saturated carbocycles. The van der Waals surface area contributed by atoms with Crippen LogP contribution in [0.2, 0.25) is 0 Å². The molecule has 0 spiro atoms. The van der Waals surface area contributed by atoms with Gasteiger partial charge in [0.2, 0.25) is 0 Å². The first-order valence-corrected chi connectivity index (χ1v) is 12.9. The number of nitrogens with zero attached hydrogens (tertiary/aromatic N) is 1. The van der Waals surface area contributed by atoms with Crippen LogP contribution in [0.3, 0.4) is 0 Å². The monoisotopic (exact) mass is 483 g/mol. The van der Waals surface area contributed by atoms with Gasteiger partial charge in [-0.25, -0.2) is 8.42 Å². The molecular formula is C28H25N3O3S. The summed E-state index contributed by atoms with van der Waals surface area (Å²) >= 11 is 0. The van der Waals surface area contributed by atoms with Crippen LogP contribution in [0.5, 0.6) is 0 Å². The highest BCUT2D eigenvalue weighted by Gasteiger charge is 2.18. The molecule has 5 aromatic rings. The Morgan fingerprint density at radius 3 is 2.29 bits per heavy atom. The molecule has 0 aliphatic carbocycles. The molecule has 0 aliphatic heterocycles. The largest absolute Gasteiger partial charge is 0.341 e. The van der Waals surface area contributed by atoms with Crippen LogP contribution in [0, 0.1) is 6.92 Å². The predicted octanol–water partition coefficient (Wildman–Crippen LogP) is 6.18. The van der Waals surface area contributed by atoms with E-state index >= 15 is 0 Å².